The van der Waals surface area contributed by atoms with E-state index < -0.39 is 0 Å². The summed E-state index contributed by atoms with van der Waals surface area (Å²) in [5, 5.41) is 1.02. The Labute approximate surface area is 147 Å². The van der Waals surface area contributed by atoms with Gasteiger partial charge in [-0.15, -0.1) is 0 Å². The van der Waals surface area contributed by atoms with Crippen LogP contribution in [-0.2, 0) is 11.2 Å². The van der Waals surface area contributed by atoms with Crippen LogP contribution in [0.5, 0.6) is 0 Å². The first-order valence-electron chi connectivity index (χ1n) is 8.68. The lowest BCUT2D eigenvalue weighted by atomic mass is 10.1. The predicted octanol–water partition coefficient (Wildman–Crippen LogP) is 3.37. The number of benzene rings is 1. The summed E-state index contributed by atoms with van der Waals surface area (Å²) in [6.45, 7) is 3.07. The third kappa shape index (κ3) is 2.76. The van der Waals surface area contributed by atoms with Crippen LogP contribution in [0.1, 0.15) is 18.9 Å². The number of rotatable bonds is 2. The van der Waals surface area contributed by atoms with Crippen LogP contribution in [-0.4, -0.2) is 35.5 Å². The third-order valence-corrected chi connectivity index (χ3v) is 5.02. The van der Waals surface area contributed by atoms with Crippen LogP contribution in [0.4, 0.5) is 11.4 Å². The van der Waals surface area contributed by atoms with Crippen molar-refractivity contribution in [2.45, 2.75) is 25.8 Å². The lowest BCUT2D eigenvalue weighted by molar-refractivity contribution is -0.118. The van der Waals surface area contributed by atoms with Crippen molar-refractivity contribution >= 4 is 28.3 Å². The van der Waals surface area contributed by atoms with Gasteiger partial charge < -0.3 is 14.8 Å². The number of hydrogen-bond donors (Lipinski definition) is 1. The lowest BCUT2D eigenvalue weighted by Gasteiger charge is -2.28. The molecule has 5 heteroatoms. The van der Waals surface area contributed by atoms with E-state index in [1.165, 1.54) is 0 Å². The lowest BCUT2D eigenvalue weighted by Crippen LogP contribution is -2.39. The normalized spacial score (nSPS) is 17.4. The number of fused-ring (bicyclic) bond motifs is 2. The molecule has 0 saturated carbocycles. The van der Waals surface area contributed by atoms with Gasteiger partial charge >= 0.3 is 0 Å². The number of H-pyrrole nitrogens is 1. The monoisotopic (exact) mass is 334 g/mol. The SMILES string of the molecule is C[C@H]1CCN(C)c2ccccc2N1C(=O)Cc1c[nH]c2ncccc12. The van der Waals surface area contributed by atoms with Gasteiger partial charge in [-0.3, -0.25) is 4.79 Å². The molecule has 5 nitrogen and oxygen atoms in total. The van der Waals surface area contributed by atoms with Crippen LogP contribution in [0, 0.1) is 0 Å². The summed E-state index contributed by atoms with van der Waals surface area (Å²) in [7, 11) is 2.09. The third-order valence-electron chi connectivity index (χ3n) is 5.02. The molecule has 4 rings (SSSR count). The maximum absolute atomic E-state index is 13.2. The van der Waals surface area contributed by atoms with Gasteiger partial charge in [0.15, 0.2) is 0 Å². The molecule has 0 spiro atoms. The predicted molar refractivity (Wildman–Crippen MR) is 101 cm³/mol. The summed E-state index contributed by atoms with van der Waals surface area (Å²) in [4.78, 5) is 24.9. The van der Waals surface area contributed by atoms with Gasteiger partial charge in [0.25, 0.3) is 0 Å². The minimum absolute atomic E-state index is 0.125. The second-order valence-electron chi connectivity index (χ2n) is 6.70. The Balaban J connectivity index is 1.70. The molecule has 1 N–H and O–H groups in total. The Morgan fingerprint density at radius 1 is 1.24 bits per heavy atom. The molecule has 1 atom stereocenters. The van der Waals surface area contributed by atoms with Gasteiger partial charge in [-0.2, -0.15) is 0 Å². The minimum Gasteiger partial charge on any atom is -0.373 e. The van der Waals surface area contributed by atoms with Crippen LogP contribution in [0.25, 0.3) is 11.0 Å². The fourth-order valence-corrected chi connectivity index (χ4v) is 3.65. The zero-order valence-corrected chi connectivity index (χ0v) is 14.6. The van der Waals surface area contributed by atoms with Gasteiger partial charge in [-0.1, -0.05) is 12.1 Å². The molecule has 0 saturated heterocycles. The molecule has 25 heavy (non-hydrogen) atoms. The van der Waals surface area contributed by atoms with Gasteiger partial charge in [0.2, 0.25) is 5.91 Å². The molecule has 3 heterocycles. The van der Waals surface area contributed by atoms with Gasteiger partial charge in [-0.05, 0) is 43.2 Å². The largest absolute Gasteiger partial charge is 0.373 e. The van der Waals surface area contributed by atoms with E-state index in [9.17, 15) is 4.79 Å². The summed E-state index contributed by atoms with van der Waals surface area (Å²) < 4.78 is 0. The van der Waals surface area contributed by atoms with E-state index in [0.717, 1.165) is 40.9 Å². The number of nitrogens with one attached hydrogen (secondary N) is 1. The standard InChI is InChI=1S/C20H22N4O/c1-14-9-11-23(2)17-7-3-4-8-18(17)24(14)19(25)12-15-13-22-20-16(15)6-5-10-21-20/h3-8,10,13-14H,9,11-12H2,1-2H3,(H,21,22)/t14-/m0/s1. The Morgan fingerprint density at radius 3 is 2.88 bits per heavy atom. The van der Waals surface area contributed by atoms with Crippen molar-refractivity contribution in [1.82, 2.24) is 9.97 Å². The van der Waals surface area contributed by atoms with E-state index in [2.05, 4.69) is 34.9 Å². The highest BCUT2D eigenvalue weighted by Gasteiger charge is 2.28. The van der Waals surface area contributed by atoms with E-state index in [1.54, 1.807) is 6.20 Å². The molecular formula is C20H22N4O. The Bertz CT molecular complexity index is 917. The average Bonchev–Trinajstić information content (AvgIpc) is 2.97. The summed E-state index contributed by atoms with van der Waals surface area (Å²) in [6, 6.07) is 12.2. The first kappa shape index (κ1) is 15.7. The summed E-state index contributed by atoms with van der Waals surface area (Å²) in [5.74, 6) is 0.125. The first-order chi connectivity index (χ1) is 12.1. The fraction of sp³-hybridized carbons (Fsp3) is 0.300. The first-order valence-corrected chi connectivity index (χ1v) is 8.68. The number of aromatic nitrogens is 2. The van der Waals surface area contributed by atoms with Crippen molar-refractivity contribution in [1.29, 1.82) is 0 Å². The Hall–Kier alpha value is -2.82. The maximum Gasteiger partial charge on any atom is 0.231 e. The van der Waals surface area contributed by atoms with Crippen LogP contribution >= 0.6 is 0 Å². The fourth-order valence-electron chi connectivity index (χ4n) is 3.65. The number of hydrogen-bond acceptors (Lipinski definition) is 3. The van der Waals surface area contributed by atoms with Crippen LogP contribution < -0.4 is 9.80 Å². The molecule has 0 radical (unpaired) electrons. The number of aromatic amines is 1. The van der Waals surface area contributed by atoms with Crippen molar-refractivity contribution in [2.24, 2.45) is 0 Å². The number of carbonyl (C=O) groups excluding carboxylic acids is 1. The number of carbonyl (C=O) groups is 1. The van der Waals surface area contributed by atoms with Crippen molar-refractivity contribution in [2.75, 3.05) is 23.4 Å². The zero-order chi connectivity index (χ0) is 17.4. The van der Waals surface area contributed by atoms with E-state index in [4.69, 9.17) is 0 Å². The minimum atomic E-state index is 0.125. The molecule has 1 aliphatic heterocycles. The van der Waals surface area contributed by atoms with Crippen LogP contribution in [0.2, 0.25) is 0 Å². The highest BCUT2D eigenvalue weighted by molar-refractivity contribution is 6.00. The molecule has 0 bridgehead atoms. The highest BCUT2D eigenvalue weighted by Crippen LogP contribution is 2.34. The number of nitrogens with zero attached hydrogens (tertiary/aromatic N) is 3. The topological polar surface area (TPSA) is 52.2 Å². The molecule has 1 amide bonds. The summed E-state index contributed by atoms with van der Waals surface area (Å²) in [5.41, 5.74) is 3.93. The highest BCUT2D eigenvalue weighted by atomic mass is 16.2. The number of para-hydroxylation sites is 2. The molecule has 0 aliphatic carbocycles. The van der Waals surface area contributed by atoms with Gasteiger partial charge in [0, 0.05) is 37.4 Å². The summed E-state index contributed by atoms with van der Waals surface area (Å²) >= 11 is 0. The molecular weight excluding hydrogens is 312 g/mol. The quantitative estimate of drug-likeness (QED) is 0.782. The molecule has 1 aromatic carbocycles. The second kappa shape index (κ2) is 6.24. The number of pyridine rings is 1. The zero-order valence-electron chi connectivity index (χ0n) is 14.6. The Kier molecular flexibility index (Phi) is 3.92. The van der Waals surface area contributed by atoms with E-state index in [0.29, 0.717) is 6.42 Å². The van der Waals surface area contributed by atoms with E-state index >= 15 is 0 Å². The van der Waals surface area contributed by atoms with Crippen molar-refractivity contribution in [3.63, 3.8) is 0 Å². The second-order valence-corrected chi connectivity index (χ2v) is 6.70. The molecule has 0 unspecified atom stereocenters. The van der Waals surface area contributed by atoms with Gasteiger partial charge in [-0.25, -0.2) is 4.98 Å². The number of anilines is 2. The van der Waals surface area contributed by atoms with E-state index in [1.807, 2.05) is 41.4 Å². The van der Waals surface area contributed by atoms with Crippen molar-refractivity contribution in [3.8, 4) is 0 Å². The summed E-state index contributed by atoms with van der Waals surface area (Å²) in [6.07, 6.45) is 4.98. The maximum atomic E-state index is 13.2. The van der Waals surface area contributed by atoms with Crippen molar-refractivity contribution in [3.05, 3.63) is 54.4 Å². The Morgan fingerprint density at radius 2 is 2.04 bits per heavy atom. The van der Waals surface area contributed by atoms with Crippen LogP contribution in [0.15, 0.2) is 48.8 Å². The van der Waals surface area contributed by atoms with E-state index in [-0.39, 0.29) is 11.9 Å². The molecule has 0 fully saturated rings. The molecule has 128 valence electrons. The average molecular weight is 334 g/mol. The van der Waals surface area contributed by atoms with Crippen LogP contribution in [0.3, 0.4) is 0 Å². The van der Waals surface area contributed by atoms with Gasteiger partial charge in [0.1, 0.15) is 5.65 Å². The number of amides is 1. The molecule has 2 aromatic heterocycles. The van der Waals surface area contributed by atoms with Crippen molar-refractivity contribution < 1.29 is 4.79 Å². The van der Waals surface area contributed by atoms with Gasteiger partial charge in [0.05, 0.1) is 17.8 Å². The molecule has 3 aromatic rings. The smallest absolute Gasteiger partial charge is 0.231 e. The molecule has 1 aliphatic rings.